The Kier molecular flexibility index (Phi) is 4.07. The van der Waals surface area contributed by atoms with E-state index in [0.717, 1.165) is 38.0 Å². The van der Waals surface area contributed by atoms with Crippen LogP contribution in [0.5, 0.6) is 0 Å². The predicted octanol–water partition coefficient (Wildman–Crippen LogP) is 2.96. The van der Waals surface area contributed by atoms with E-state index in [-0.39, 0.29) is 6.09 Å². The first-order valence-electron chi connectivity index (χ1n) is 6.28. The summed E-state index contributed by atoms with van der Waals surface area (Å²) >= 11 is 0. The molecule has 0 atom stereocenters. The van der Waals surface area contributed by atoms with Gasteiger partial charge in [-0.3, -0.25) is 0 Å². The van der Waals surface area contributed by atoms with Crippen LogP contribution in [0.2, 0.25) is 0 Å². The Labute approximate surface area is 102 Å². The number of rotatable bonds is 3. The van der Waals surface area contributed by atoms with Gasteiger partial charge in [-0.05, 0) is 30.9 Å². The number of carbonyl (C=O) groups is 1. The molecule has 4 nitrogen and oxygen atoms in total. The molecule has 0 unspecified atom stereocenters. The summed E-state index contributed by atoms with van der Waals surface area (Å²) in [5, 5.41) is 0. The van der Waals surface area contributed by atoms with Gasteiger partial charge in [-0.2, -0.15) is 0 Å². The number of nitrogens with zero attached hydrogens (tertiary/aromatic N) is 1. The minimum atomic E-state index is -0.220. The van der Waals surface area contributed by atoms with Crippen LogP contribution in [0.1, 0.15) is 37.5 Å². The maximum Gasteiger partial charge on any atom is 0.410 e. The second-order valence-corrected chi connectivity index (χ2v) is 4.36. The Morgan fingerprint density at radius 3 is 3.29 bits per heavy atom. The minimum absolute atomic E-state index is 0.220. The van der Waals surface area contributed by atoms with E-state index in [1.807, 2.05) is 6.07 Å². The average molecular weight is 237 g/mol. The van der Waals surface area contributed by atoms with Gasteiger partial charge in [0, 0.05) is 6.54 Å². The summed E-state index contributed by atoms with van der Waals surface area (Å²) in [6, 6.07) is 1.99. The van der Waals surface area contributed by atoms with Crippen molar-refractivity contribution in [3.63, 3.8) is 0 Å². The van der Waals surface area contributed by atoms with E-state index >= 15 is 0 Å². The third kappa shape index (κ3) is 3.02. The van der Waals surface area contributed by atoms with E-state index in [1.54, 1.807) is 11.2 Å². The zero-order chi connectivity index (χ0) is 12.1. The third-order valence-electron chi connectivity index (χ3n) is 3.03. The fraction of sp³-hybridized carbons (Fsp3) is 0.615. The van der Waals surface area contributed by atoms with Crippen LogP contribution in [0.15, 0.2) is 16.7 Å². The van der Waals surface area contributed by atoms with Crippen molar-refractivity contribution in [2.45, 2.75) is 39.2 Å². The van der Waals surface area contributed by atoms with E-state index in [9.17, 15) is 4.79 Å². The quantitative estimate of drug-likeness (QED) is 0.759. The topological polar surface area (TPSA) is 42.7 Å². The summed E-state index contributed by atoms with van der Waals surface area (Å²) in [6.45, 7) is 3.87. The number of aryl methyl sites for hydroxylation is 1. The van der Waals surface area contributed by atoms with Crippen LogP contribution in [-0.2, 0) is 17.7 Å². The van der Waals surface area contributed by atoms with Crippen LogP contribution in [0.25, 0.3) is 0 Å². The number of fused-ring (bicyclic) bond motifs is 1. The van der Waals surface area contributed by atoms with E-state index in [1.165, 1.54) is 5.56 Å². The van der Waals surface area contributed by atoms with Crippen LogP contribution in [-0.4, -0.2) is 24.1 Å². The van der Waals surface area contributed by atoms with Crippen molar-refractivity contribution < 1.29 is 13.9 Å². The smallest absolute Gasteiger partial charge is 0.410 e. The van der Waals surface area contributed by atoms with Crippen molar-refractivity contribution >= 4 is 6.09 Å². The van der Waals surface area contributed by atoms with Crippen LogP contribution in [0, 0.1) is 0 Å². The standard InChI is InChI=1S/C13H19NO3/c1-2-3-8-17-13(15)14-7-4-5-11-6-9-16-12(11)10-14/h6,9H,2-5,7-8,10H2,1H3. The molecule has 1 amide bonds. The fourth-order valence-corrected chi connectivity index (χ4v) is 1.99. The molecular weight excluding hydrogens is 218 g/mol. The highest BCUT2D eigenvalue weighted by Gasteiger charge is 2.21. The molecule has 1 aromatic heterocycles. The molecule has 4 heteroatoms. The van der Waals surface area contributed by atoms with Crippen molar-refractivity contribution in [3.8, 4) is 0 Å². The van der Waals surface area contributed by atoms with Gasteiger partial charge in [0.2, 0.25) is 0 Å². The van der Waals surface area contributed by atoms with Crippen LogP contribution in [0.3, 0.4) is 0 Å². The molecule has 0 aliphatic carbocycles. The van der Waals surface area contributed by atoms with Gasteiger partial charge in [0.05, 0.1) is 19.4 Å². The summed E-state index contributed by atoms with van der Waals surface area (Å²) in [7, 11) is 0. The monoisotopic (exact) mass is 237 g/mol. The number of hydrogen-bond acceptors (Lipinski definition) is 3. The molecule has 1 aliphatic rings. The van der Waals surface area contributed by atoms with Crippen LogP contribution >= 0.6 is 0 Å². The van der Waals surface area contributed by atoms with E-state index < -0.39 is 0 Å². The number of carbonyl (C=O) groups excluding carboxylic acids is 1. The molecule has 2 rings (SSSR count). The third-order valence-corrected chi connectivity index (χ3v) is 3.03. The van der Waals surface area contributed by atoms with Gasteiger partial charge in [0.15, 0.2) is 0 Å². The molecule has 0 saturated heterocycles. The molecule has 0 radical (unpaired) electrons. The van der Waals surface area contributed by atoms with E-state index in [0.29, 0.717) is 13.2 Å². The molecule has 0 aromatic carbocycles. The van der Waals surface area contributed by atoms with Gasteiger partial charge >= 0.3 is 6.09 Å². The van der Waals surface area contributed by atoms with Crippen molar-refractivity contribution in [3.05, 3.63) is 23.7 Å². The first-order chi connectivity index (χ1) is 8.31. The first kappa shape index (κ1) is 12.0. The Hall–Kier alpha value is -1.45. The Morgan fingerprint density at radius 1 is 1.59 bits per heavy atom. The van der Waals surface area contributed by atoms with E-state index in [4.69, 9.17) is 9.15 Å². The van der Waals surface area contributed by atoms with Crippen LogP contribution in [0.4, 0.5) is 4.79 Å². The van der Waals surface area contributed by atoms with Crippen molar-refractivity contribution in [2.75, 3.05) is 13.2 Å². The van der Waals surface area contributed by atoms with Gasteiger partial charge in [-0.15, -0.1) is 0 Å². The molecule has 0 bridgehead atoms. The van der Waals surface area contributed by atoms with Crippen molar-refractivity contribution in [1.29, 1.82) is 0 Å². The maximum absolute atomic E-state index is 11.8. The molecule has 1 aromatic rings. The Morgan fingerprint density at radius 2 is 2.47 bits per heavy atom. The Bertz CT molecular complexity index is 372. The maximum atomic E-state index is 11.8. The second kappa shape index (κ2) is 5.75. The van der Waals surface area contributed by atoms with Crippen molar-refractivity contribution in [1.82, 2.24) is 4.90 Å². The molecule has 0 saturated carbocycles. The highest BCUT2D eigenvalue weighted by atomic mass is 16.6. The van der Waals surface area contributed by atoms with Gasteiger partial charge < -0.3 is 14.1 Å². The zero-order valence-electron chi connectivity index (χ0n) is 10.3. The summed E-state index contributed by atoms with van der Waals surface area (Å²) in [5.74, 6) is 0.898. The van der Waals surface area contributed by atoms with Gasteiger partial charge in [0.25, 0.3) is 0 Å². The predicted molar refractivity (Wildman–Crippen MR) is 63.7 cm³/mol. The fourth-order valence-electron chi connectivity index (χ4n) is 1.99. The van der Waals surface area contributed by atoms with Crippen molar-refractivity contribution in [2.24, 2.45) is 0 Å². The summed E-state index contributed by atoms with van der Waals surface area (Å²) < 4.78 is 10.6. The number of unbranched alkanes of at least 4 members (excludes halogenated alkanes) is 1. The highest BCUT2D eigenvalue weighted by Crippen LogP contribution is 2.20. The first-order valence-corrected chi connectivity index (χ1v) is 6.28. The largest absolute Gasteiger partial charge is 0.467 e. The number of ether oxygens (including phenoxy) is 1. The van der Waals surface area contributed by atoms with Gasteiger partial charge in [-0.1, -0.05) is 13.3 Å². The van der Waals surface area contributed by atoms with E-state index in [2.05, 4.69) is 6.92 Å². The molecule has 0 fully saturated rings. The molecule has 2 heterocycles. The average Bonchev–Trinajstić information content (AvgIpc) is 2.66. The summed E-state index contributed by atoms with van der Waals surface area (Å²) in [4.78, 5) is 13.5. The number of amides is 1. The number of hydrogen-bond donors (Lipinski definition) is 0. The lowest BCUT2D eigenvalue weighted by Crippen LogP contribution is -2.31. The molecule has 1 aliphatic heterocycles. The van der Waals surface area contributed by atoms with Gasteiger partial charge in [0.1, 0.15) is 5.76 Å². The highest BCUT2D eigenvalue weighted by molar-refractivity contribution is 5.67. The molecular formula is C13H19NO3. The molecule has 17 heavy (non-hydrogen) atoms. The Balaban J connectivity index is 1.91. The minimum Gasteiger partial charge on any atom is -0.467 e. The SMILES string of the molecule is CCCCOC(=O)N1CCCc2ccoc2C1. The normalized spacial score (nSPS) is 15.2. The number of furan rings is 1. The lowest BCUT2D eigenvalue weighted by atomic mass is 10.1. The molecule has 0 N–H and O–H groups in total. The second-order valence-electron chi connectivity index (χ2n) is 4.36. The van der Waals surface area contributed by atoms with Gasteiger partial charge in [-0.25, -0.2) is 4.79 Å². The molecule has 94 valence electrons. The summed E-state index contributed by atoms with van der Waals surface area (Å²) in [6.07, 6.45) is 5.38. The summed E-state index contributed by atoms with van der Waals surface area (Å²) in [5.41, 5.74) is 1.22. The molecule has 0 spiro atoms. The zero-order valence-corrected chi connectivity index (χ0v) is 10.3. The lowest BCUT2D eigenvalue weighted by molar-refractivity contribution is 0.0967. The van der Waals surface area contributed by atoms with Crippen LogP contribution < -0.4 is 0 Å². The lowest BCUT2D eigenvalue weighted by Gasteiger charge is -2.19.